The lowest BCUT2D eigenvalue weighted by Crippen LogP contribution is -2.17. The van der Waals surface area contributed by atoms with Gasteiger partial charge in [-0.05, 0) is 72.1 Å². The molecule has 0 bridgehead atoms. The molecule has 34 heavy (non-hydrogen) atoms. The summed E-state index contributed by atoms with van der Waals surface area (Å²) in [4.78, 5) is 4.76. The van der Waals surface area contributed by atoms with E-state index >= 15 is 0 Å². The lowest BCUT2D eigenvalue weighted by molar-refractivity contribution is 0.444. The predicted molar refractivity (Wildman–Crippen MR) is 149 cm³/mol. The molecule has 0 aliphatic rings. The number of phenols is 1. The molecule has 0 radical (unpaired) electrons. The number of aliphatic imine (C=N–C) groups is 1. The molecule has 0 saturated carbocycles. The monoisotopic (exact) mass is 475 g/mol. The molecule has 3 rings (SSSR count). The Morgan fingerprint density at radius 3 is 2.15 bits per heavy atom. The predicted octanol–water partition coefficient (Wildman–Crippen LogP) is 7.96. The van der Waals surface area contributed by atoms with Crippen molar-refractivity contribution in [2.24, 2.45) is 4.99 Å². The third-order valence-corrected chi connectivity index (χ3v) is 6.96. The van der Waals surface area contributed by atoms with E-state index in [9.17, 15) is 5.11 Å². The zero-order valence-corrected chi connectivity index (χ0v) is 23.2. The summed E-state index contributed by atoms with van der Waals surface area (Å²) >= 11 is 0. The first-order valence-electron chi connectivity index (χ1n) is 11.8. The van der Waals surface area contributed by atoms with Crippen molar-refractivity contribution in [3.8, 4) is 17.2 Å². The molecule has 0 fully saturated rings. The van der Waals surface area contributed by atoms with E-state index in [2.05, 4.69) is 83.7 Å². The summed E-state index contributed by atoms with van der Waals surface area (Å²) in [6.07, 6.45) is 1.75. The van der Waals surface area contributed by atoms with Gasteiger partial charge >= 0.3 is 0 Å². The van der Waals surface area contributed by atoms with Crippen LogP contribution >= 0.6 is 9.24 Å². The number of ether oxygens (including phenoxy) is 1. The Morgan fingerprint density at radius 1 is 0.882 bits per heavy atom. The van der Waals surface area contributed by atoms with Gasteiger partial charge in [0, 0.05) is 22.6 Å². The Bertz CT molecular complexity index is 1240. The second kappa shape index (κ2) is 9.55. The van der Waals surface area contributed by atoms with E-state index in [-0.39, 0.29) is 16.6 Å². The summed E-state index contributed by atoms with van der Waals surface area (Å²) in [6, 6.07) is 14.0. The van der Waals surface area contributed by atoms with Gasteiger partial charge in [-0.15, -0.1) is 9.24 Å². The summed E-state index contributed by atoms with van der Waals surface area (Å²) in [7, 11) is 2.81. The van der Waals surface area contributed by atoms with Crippen LogP contribution in [-0.4, -0.2) is 11.3 Å². The Balaban J connectivity index is 2.07. The minimum atomic E-state index is -0.190. The fourth-order valence-corrected chi connectivity index (χ4v) is 4.40. The zero-order chi connectivity index (χ0) is 25.4. The lowest BCUT2D eigenvalue weighted by Gasteiger charge is -2.27. The Morgan fingerprint density at radius 2 is 1.53 bits per heavy atom. The van der Waals surface area contributed by atoms with Crippen LogP contribution in [0.3, 0.4) is 0 Å². The molecular weight excluding hydrogens is 437 g/mol. The van der Waals surface area contributed by atoms with E-state index in [1.54, 1.807) is 6.21 Å². The third-order valence-electron chi connectivity index (χ3n) is 6.26. The minimum Gasteiger partial charge on any atom is -0.507 e. The number of para-hydroxylation sites is 2. The second-order valence-electron chi connectivity index (χ2n) is 11.2. The molecule has 1 N–H and O–H groups in total. The van der Waals surface area contributed by atoms with Crippen molar-refractivity contribution < 1.29 is 9.84 Å². The van der Waals surface area contributed by atoms with Gasteiger partial charge in [-0.25, -0.2) is 0 Å². The number of benzene rings is 3. The highest BCUT2D eigenvalue weighted by Crippen LogP contribution is 2.38. The third kappa shape index (κ3) is 5.53. The molecule has 0 spiro atoms. The van der Waals surface area contributed by atoms with Gasteiger partial charge in [-0.1, -0.05) is 65.8 Å². The van der Waals surface area contributed by atoms with Gasteiger partial charge in [0.15, 0.2) is 5.75 Å². The fraction of sp³-hybridized carbons (Fsp3) is 0.367. The topological polar surface area (TPSA) is 41.8 Å². The van der Waals surface area contributed by atoms with Crippen LogP contribution in [0.15, 0.2) is 47.5 Å². The first-order valence-corrected chi connectivity index (χ1v) is 12.3. The summed E-state index contributed by atoms with van der Waals surface area (Å²) < 4.78 is 6.38. The molecule has 4 heteroatoms. The summed E-state index contributed by atoms with van der Waals surface area (Å²) in [5, 5.41) is 12.2. The molecular formula is C30H38NO2P. The number of phenolic OH excluding ortho intramolecular Hbond substituents is 1. The molecule has 0 aliphatic carbocycles. The molecule has 3 aromatic rings. The number of aromatic hydroxyl groups is 1. The van der Waals surface area contributed by atoms with Crippen LogP contribution in [0.4, 0.5) is 5.69 Å². The van der Waals surface area contributed by atoms with Gasteiger partial charge in [0.25, 0.3) is 0 Å². The van der Waals surface area contributed by atoms with Crippen molar-refractivity contribution >= 4 is 26.4 Å². The van der Waals surface area contributed by atoms with Crippen molar-refractivity contribution in [1.29, 1.82) is 0 Å². The van der Waals surface area contributed by atoms with Gasteiger partial charge in [0.2, 0.25) is 0 Å². The first-order chi connectivity index (χ1) is 15.7. The van der Waals surface area contributed by atoms with Crippen LogP contribution in [0.2, 0.25) is 0 Å². The highest BCUT2D eigenvalue weighted by Gasteiger charge is 2.24. The maximum absolute atomic E-state index is 11.1. The van der Waals surface area contributed by atoms with Gasteiger partial charge in [-0.2, -0.15) is 0 Å². The molecule has 180 valence electrons. The van der Waals surface area contributed by atoms with Gasteiger partial charge in [0.1, 0.15) is 17.2 Å². The number of nitrogens with zero attached hydrogens (tertiary/aromatic N) is 1. The van der Waals surface area contributed by atoms with Crippen LogP contribution in [-0.2, 0) is 10.8 Å². The maximum Gasteiger partial charge on any atom is 0.153 e. The zero-order valence-electron chi connectivity index (χ0n) is 22.0. The van der Waals surface area contributed by atoms with E-state index in [1.165, 1.54) is 16.7 Å². The Kier molecular flexibility index (Phi) is 7.29. The normalized spacial score (nSPS) is 12.4. The van der Waals surface area contributed by atoms with E-state index in [0.717, 1.165) is 22.2 Å². The highest BCUT2D eigenvalue weighted by molar-refractivity contribution is 7.28. The molecule has 1 unspecified atom stereocenters. The van der Waals surface area contributed by atoms with Crippen molar-refractivity contribution in [2.45, 2.75) is 73.1 Å². The average molecular weight is 476 g/mol. The minimum absolute atomic E-state index is 0.0483. The van der Waals surface area contributed by atoms with E-state index in [0.29, 0.717) is 17.0 Å². The molecule has 3 nitrogen and oxygen atoms in total. The van der Waals surface area contributed by atoms with Crippen LogP contribution in [0.5, 0.6) is 17.2 Å². The standard InChI is InChI=1S/C30H38NO2P/c1-18-14-19(2)27(28(34)20(18)3)33-25-13-11-10-12-24(25)31-17-21-15-22(29(4,5)6)16-23(26(21)32)30(7,8)9/h10-17,32H,34H2,1-9H3. The first kappa shape index (κ1) is 26.0. The van der Waals surface area contributed by atoms with Crippen molar-refractivity contribution in [1.82, 2.24) is 0 Å². The molecule has 0 saturated heterocycles. The fourth-order valence-electron chi connectivity index (χ4n) is 3.89. The highest BCUT2D eigenvalue weighted by atomic mass is 31.0. The van der Waals surface area contributed by atoms with Gasteiger partial charge in [-0.3, -0.25) is 4.99 Å². The lowest BCUT2D eigenvalue weighted by atomic mass is 9.79. The van der Waals surface area contributed by atoms with E-state index in [1.807, 2.05) is 30.3 Å². The average Bonchev–Trinajstić information content (AvgIpc) is 2.73. The van der Waals surface area contributed by atoms with Crippen LogP contribution in [0.25, 0.3) is 0 Å². The maximum atomic E-state index is 11.1. The van der Waals surface area contributed by atoms with Gasteiger partial charge in [0.05, 0.1) is 0 Å². The quantitative estimate of drug-likeness (QED) is 0.307. The van der Waals surface area contributed by atoms with Crippen molar-refractivity contribution in [2.75, 3.05) is 0 Å². The molecule has 0 aromatic heterocycles. The van der Waals surface area contributed by atoms with Crippen molar-refractivity contribution in [3.05, 3.63) is 75.8 Å². The summed E-state index contributed by atoms with van der Waals surface area (Å²) in [6.45, 7) is 19.2. The molecule has 3 aromatic carbocycles. The molecule has 0 aliphatic heterocycles. The second-order valence-corrected chi connectivity index (χ2v) is 11.7. The molecule has 0 amide bonds. The number of hydrogen-bond donors (Lipinski definition) is 1. The number of aryl methyl sites for hydroxylation is 2. The van der Waals surface area contributed by atoms with Crippen molar-refractivity contribution in [3.63, 3.8) is 0 Å². The summed E-state index contributed by atoms with van der Waals surface area (Å²) in [5.41, 5.74) is 6.79. The van der Waals surface area contributed by atoms with E-state index in [4.69, 9.17) is 9.73 Å². The van der Waals surface area contributed by atoms with E-state index < -0.39 is 0 Å². The van der Waals surface area contributed by atoms with Crippen LogP contribution in [0, 0.1) is 20.8 Å². The number of hydrogen-bond acceptors (Lipinski definition) is 3. The summed E-state index contributed by atoms with van der Waals surface area (Å²) in [5.74, 6) is 1.79. The Hall–Kier alpha value is -2.64. The Labute approximate surface area is 207 Å². The largest absolute Gasteiger partial charge is 0.507 e. The number of rotatable bonds is 4. The smallest absolute Gasteiger partial charge is 0.153 e. The molecule has 1 atom stereocenters. The SMILES string of the molecule is Cc1cc(C)c(Oc2ccccc2N=Cc2cc(C(C)(C)C)cc(C(C)(C)C)c2O)c(P)c1C. The molecule has 0 heterocycles. The van der Waals surface area contributed by atoms with Crippen LogP contribution in [0.1, 0.15) is 74.9 Å². The van der Waals surface area contributed by atoms with Crippen LogP contribution < -0.4 is 10.0 Å². The van der Waals surface area contributed by atoms with Gasteiger partial charge < -0.3 is 9.84 Å².